The maximum Gasteiger partial charge on any atom is 0.306 e. The average molecular weight is 629 g/mol. The molecule has 45 heavy (non-hydrogen) atoms. The molecule has 0 amide bonds. The minimum absolute atomic E-state index is 0.0702. The van der Waals surface area contributed by atoms with Crippen molar-refractivity contribution in [3.8, 4) is 0 Å². The van der Waals surface area contributed by atoms with Gasteiger partial charge in [-0.3, -0.25) is 9.59 Å². The van der Waals surface area contributed by atoms with Gasteiger partial charge in [0.1, 0.15) is 6.61 Å². The summed E-state index contributed by atoms with van der Waals surface area (Å²) in [5.41, 5.74) is 0. The van der Waals surface area contributed by atoms with Gasteiger partial charge in [0.05, 0.1) is 6.61 Å². The lowest BCUT2D eigenvalue weighted by molar-refractivity contribution is -0.161. The van der Waals surface area contributed by atoms with Gasteiger partial charge in [0, 0.05) is 12.8 Å². The topological polar surface area (TPSA) is 72.8 Å². The van der Waals surface area contributed by atoms with Crippen LogP contribution in [0.2, 0.25) is 0 Å². The second-order valence-corrected chi connectivity index (χ2v) is 11.9. The summed E-state index contributed by atoms with van der Waals surface area (Å²) in [5, 5.41) is 9.47. The predicted molar refractivity (Wildman–Crippen MR) is 191 cm³/mol. The van der Waals surface area contributed by atoms with Crippen LogP contribution < -0.4 is 0 Å². The summed E-state index contributed by atoms with van der Waals surface area (Å²) >= 11 is 0. The van der Waals surface area contributed by atoms with Crippen molar-refractivity contribution in [3.05, 3.63) is 60.8 Å². The molecule has 0 aromatic heterocycles. The molecular weight excluding hydrogens is 560 g/mol. The molecule has 0 aliphatic rings. The van der Waals surface area contributed by atoms with Crippen molar-refractivity contribution in [1.82, 2.24) is 0 Å². The molecule has 1 unspecified atom stereocenters. The van der Waals surface area contributed by atoms with Crippen LogP contribution in [0.25, 0.3) is 0 Å². The molecule has 0 saturated heterocycles. The normalized spacial score (nSPS) is 12.9. The lowest BCUT2D eigenvalue weighted by Gasteiger charge is -2.15. The Morgan fingerprint density at radius 1 is 0.533 bits per heavy atom. The van der Waals surface area contributed by atoms with E-state index in [4.69, 9.17) is 9.47 Å². The Morgan fingerprint density at radius 2 is 0.956 bits per heavy atom. The van der Waals surface area contributed by atoms with Gasteiger partial charge in [0.2, 0.25) is 0 Å². The fourth-order valence-electron chi connectivity index (χ4n) is 4.81. The van der Waals surface area contributed by atoms with Gasteiger partial charge in [0.25, 0.3) is 0 Å². The second-order valence-electron chi connectivity index (χ2n) is 11.9. The summed E-state index contributed by atoms with van der Waals surface area (Å²) in [5.74, 6) is -0.612. The summed E-state index contributed by atoms with van der Waals surface area (Å²) < 4.78 is 10.5. The number of esters is 2. The van der Waals surface area contributed by atoms with Crippen LogP contribution >= 0.6 is 0 Å². The van der Waals surface area contributed by atoms with Crippen LogP contribution in [0.1, 0.15) is 162 Å². The van der Waals surface area contributed by atoms with Crippen molar-refractivity contribution < 1.29 is 24.2 Å². The lowest BCUT2D eigenvalue weighted by Crippen LogP contribution is -2.28. The first-order valence-corrected chi connectivity index (χ1v) is 18.3. The highest BCUT2D eigenvalue weighted by molar-refractivity contribution is 5.70. The summed E-state index contributed by atoms with van der Waals surface area (Å²) in [6.45, 7) is 3.94. The molecule has 0 bridgehead atoms. The Bertz CT molecular complexity index is 808. The molecule has 258 valence electrons. The molecule has 0 aromatic carbocycles. The van der Waals surface area contributed by atoms with Gasteiger partial charge in [-0.25, -0.2) is 0 Å². The largest absolute Gasteiger partial charge is 0.462 e. The molecule has 1 atom stereocenters. The summed E-state index contributed by atoms with van der Waals surface area (Å²) in [7, 11) is 0. The number of hydrogen-bond acceptors (Lipinski definition) is 5. The van der Waals surface area contributed by atoms with Gasteiger partial charge in [-0.15, -0.1) is 0 Å². The fourth-order valence-corrected chi connectivity index (χ4v) is 4.81. The Kier molecular flexibility index (Phi) is 34.1. The molecule has 0 heterocycles. The van der Waals surface area contributed by atoms with Crippen molar-refractivity contribution in [2.45, 2.75) is 168 Å². The third-order valence-corrected chi connectivity index (χ3v) is 7.58. The van der Waals surface area contributed by atoms with E-state index in [0.29, 0.717) is 12.8 Å². The highest BCUT2D eigenvalue weighted by Crippen LogP contribution is 2.13. The molecular formula is C40H68O5. The molecule has 0 aromatic rings. The van der Waals surface area contributed by atoms with E-state index in [1.54, 1.807) is 0 Å². The van der Waals surface area contributed by atoms with E-state index in [1.807, 2.05) is 0 Å². The van der Waals surface area contributed by atoms with Crippen LogP contribution in [0.5, 0.6) is 0 Å². The minimum Gasteiger partial charge on any atom is -0.462 e. The standard InChI is InChI=1S/C40H68O5/c1-3-5-7-9-11-12-13-14-15-16-17-18-19-20-21-22-23-24-25-26-27-28-29-31-33-35-40(43)45-38(36-41)37-44-39(42)34-32-30-10-8-6-4-2/h5,7,11-12,14-15,17-18,20-21,38,41H,3-4,6,8-10,13,16,19,22-37H2,1-2H3/b7-5-,12-11-,15-14-,18-17-,21-20-. The van der Waals surface area contributed by atoms with Crippen molar-refractivity contribution >= 4 is 11.9 Å². The number of hydrogen-bond donors (Lipinski definition) is 1. The number of ether oxygens (including phenoxy) is 2. The first-order chi connectivity index (χ1) is 22.1. The Balaban J connectivity index is 3.55. The Morgan fingerprint density at radius 3 is 1.44 bits per heavy atom. The van der Waals surface area contributed by atoms with E-state index in [9.17, 15) is 14.7 Å². The molecule has 0 fully saturated rings. The molecule has 0 rings (SSSR count). The van der Waals surface area contributed by atoms with Gasteiger partial charge in [-0.05, 0) is 57.8 Å². The van der Waals surface area contributed by atoms with Crippen LogP contribution in [0.15, 0.2) is 60.8 Å². The number of carbonyl (C=O) groups is 2. The first kappa shape index (κ1) is 42.6. The van der Waals surface area contributed by atoms with Crippen LogP contribution in [0.4, 0.5) is 0 Å². The summed E-state index contributed by atoms with van der Waals surface area (Å²) in [4.78, 5) is 24.0. The number of aliphatic hydroxyl groups excluding tert-OH is 1. The quantitative estimate of drug-likeness (QED) is 0.0456. The van der Waals surface area contributed by atoms with Gasteiger partial charge in [0.15, 0.2) is 6.10 Å². The molecule has 5 nitrogen and oxygen atoms in total. The van der Waals surface area contributed by atoms with Crippen molar-refractivity contribution in [2.24, 2.45) is 0 Å². The van der Waals surface area contributed by atoms with Crippen LogP contribution in [0, 0.1) is 0 Å². The zero-order valence-corrected chi connectivity index (χ0v) is 29.1. The Labute approximate surface area is 277 Å². The lowest BCUT2D eigenvalue weighted by atomic mass is 10.1. The molecule has 0 spiro atoms. The SMILES string of the molecule is CC/C=C\C/C=C\C/C=C\C/C=C\C/C=C\CCCCCCCCCCCC(=O)OC(CO)COC(=O)CCCCCCCC. The van der Waals surface area contributed by atoms with E-state index < -0.39 is 6.10 Å². The monoisotopic (exact) mass is 629 g/mol. The van der Waals surface area contributed by atoms with Gasteiger partial charge >= 0.3 is 11.9 Å². The fraction of sp³-hybridized carbons (Fsp3) is 0.700. The maximum absolute atomic E-state index is 12.1. The van der Waals surface area contributed by atoms with Crippen LogP contribution in [0.3, 0.4) is 0 Å². The van der Waals surface area contributed by atoms with E-state index in [1.165, 1.54) is 64.2 Å². The molecule has 0 radical (unpaired) electrons. The van der Waals surface area contributed by atoms with E-state index in [-0.39, 0.29) is 25.2 Å². The second kappa shape index (κ2) is 36.1. The summed E-state index contributed by atoms with van der Waals surface area (Å²) in [6, 6.07) is 0. The van der Waals surface area contributed by atoms with Gasteiger partial charge < -0.3 is 14.6 Å². The number of unbranched alkanes of at least 4 members (excludes halogenated alkanes) is 14. The van der Waals surface area contributed by atoms with Gasteiger partial charge in [-0.1, -0.05) is 152 Å². The molecule has 5 heteroatoms. The highest BCUT2D eigenvalue weighted by Gasteiger charge is 2.16. The van der Waals surface area contributed by atoms with Crippen molar-refractivity contribution in [3.63, 3.8) is 0 Å². The van der Waals surface area contributed by atoms with E-state index in [0.717, 1.165) is 70.6 Å². The molecule has 0 aliphatic heterocycles. The molecule has 1 N–H and O–H groups in total. The van der Waals surface area contributed by atoms with Gasteiger partial charge in [-0.2, -0.15) is 0 Å². The van der Waals surface area contributed by atoms with E-state index in [2.05, 4.69) is 74.6 Å². The maximum atomic E-state index is 12.1. The highest BCUT2D eigenvalue weighted by atomic mass is 16.6. The minimum atomic E-state index is -0.771. The van der Waals surface area contributed by atoms with Crippen molar-refractivity contribution in [2.75, 3.05) is 13.2 Å². The first-order valence-electron chi connectivity index (χ1n) is 18.3. The number of rotatable bonds is 32. The predicted octanol–water partition coefficient (Wildman–Crippen LogP) is 11.2. The van der Waals surface area contributed by atoms with Crippen LogP contribution in [-0.4, -0.2) is 36.4 Å². The Hall–Kier alpha value is -2.40. The zero-order valence-electron chi connectivity index (χ0n) is 29.1. The molecule has 0 aliphatic carbocycles. The summed E-state index contributed by atoms with van der Waals surface area (Å²) in [6.07, 6.45) is 45.9. The van der Waals surface area contributed by atoms with E-state index >= 15 is 0 Å². The number of aliphatic hydroxyl groups is 1. The smallest absolute Gasteiger partial charge is 0.306 e. The number of allylic oxidation sites excluding steroid dienone is 10. The average Bonchev–Trinajstić information content (AvgIpc) is 3.04. The molecule has 0 saturated carbocycles. The third kappa shape index (κ3) is 34.3. The zero-order chi connectivity index (χ0) is 32.9. The third-order valence-electron chi connectivity index (χ3n) is 7.58. The van der Waals surface area contributed by atoms with Crippen molar-refractivity contribution in [1.29, 1.82) is 0 Å². The van der Waals surface area contributed by atoms with Crippen LogP contribution in [-0.2, 0) is 19.1 Å². The number of carbonyl (C=O) groups excluding carboxylic acids is 2.